The molecule has 4 heteroatoms. The lowest BCUT2D eigenvalue weighted by Gasteiger charge is -2.50. The molecule has 3 rings (SSSR count). The van der Waals surface area contributed by atoms with Gasteiger partial charge in [-0.1, -0.05) is 19.1 Å². The van der Waals surface area contributed by atoms with Crippen molar-refractivity contribution in [3.05, 3.63) is 12.2 Å². The number of nitrogens with one attached hydrogen (secondary N) is 1. The molecule has 1 aliphatic heterocycles. The van der Waals surface area contributed by atoms with Crippen LogP contribution in [-0.4, -0.2) is 36.9 Å². The predicted molar refractivity (Wildman–Crippen MR) is 85.3 cm³/mol. The van der Waals surface area contributed by atoms with Gasteiger partial charge in [-0.2, -0.15) is 0 Å². The first-order valence-corrected chi connectivity index (χ1v) is 8.75. The Morgan fingerprint density at radius 1 is 1.50 bits per heavy atom. The Kier molecular flexibility index (Phi) is 4.60. The van der Waals surface area contributed by atoms with Crippen molar-refractivity contribution in [3.63, 3.8) is 0 Å². The van der Waals surface area contributed by atoms with E-state index in [2.05, 4.69) is 18.8 Å². The number of hydrogen-bond donors (Lipinski definition) is 2. The van der Waals surface area contributed by atoms with Crippen molar-refractivity contribution in [2.75, 3.05) is 19.7 Å². The van der Waals surface area contributed by atoms with Crippen molar-refractivity contribution in [2.24, 2.45) is 23.2 Å². The summed E-state index contributed by atoms with van der Waals surface area (Å²) in [6.07, 6.45) is 6.49. The summed E-state index contributed by atoms with van der Waals surface area (Å²) in [6.45, 7) is 8.30. The van der Waals surface area contributed by atoms with Gasteiger partial charge in [0, 0.05) is 19.1 Å². The monoisotopic (exact) mass is 307 g/mol. The van der Waals surface area contributed by atoms with E-state index in [0.717, 1.165) is 32.2 Å². The van der Waals surface area contributed by atoms with Crippen LogP contribution in [0.25, 0.3) is 0 Å². The fraction of sp³-hybridized carbons (Fsp3) is 0.833. The Balaban J connectivity index is 1.67. The summed E-state index contributed by atoms with van der Waals surface area (Å²) in [7, 11) is 0. The van der Waals surface area contributed by atoms with Crippen LogP contribution in [0.1, 0.15) is 45.4 Å². The molecule has 0 aromatic rings. The molecule has 0 amide bonds. The van der Waals surface area contributed by atoms with Crippen LogP contribution in [0.2, 0.25) is 0 Å². The molecule has 124 valence electrons. The SMILES string of the molecule is C=C1CCCC2(C)CC3OC(=O)C(CNCCCO)C3CC12. The Morgan fingerprint density at radius 2 is 2.32 bits per heavy atom. The van der Waals surface area contributed by atoms with Crippen molar-refractivity contribution < 1.29 is 14.6 Å². The minimum Gasteiger partial charge on any atom is -0.462 e. The molecule has 22 heavy (non-hydrogen) atoms. The molecule has 0 radical (unpaired) electrons. The first-order chi connectivity index (χ1) is 10.5. The number of esters is 1. The molecular formula is C18H29NO3. The van der Waals surface area contributed by atoms with Gasteiger partial charge in [0.05, 0.1) is 5.92 Å². The molecular weight excluding hydrogens is 278 g/mol. The summed E-state index contributed by atoms with van der Waals surface area (Å²) in [5, 5.41) is 12.1. The second-order valence-electron chi connectivity index (χ2n) is 7.69. The van der Waals surface area contributed by atoms with Crippen molar-refractivity contribution in [2.45, 2.75) is 51.6 Å². The average Bonchev–Trinajstić information content (AvgIpc) is 2.76. The topological polar surface area (TPSA) is 58.6 Å². The van der Waals surface area contributed by atoms with E-state index in [-0.39, 0.29) is 30.0 Å². The lowest BCUT2D eigenvalue weighted by molar-refractivity contribution is -0.146. The largest absolute Gasteiger partial charge is 0.462 e. The predicted octanol–water partition coefficient (Wildman–Crippen LogP) is 2.27. The van der Waals surface area contributed by atoms with E-state index in [9.17, 15) is 4.79 Å². The van der Waals surface area contributed by atoms with Crippen LogP contribution in [-0.2, 0) is 9.53 Å². The highest BCUT2D eigenvalue weighted by Crippen LogP contribution is 2.56. The van der Waals surface area contributed by atoms with E-state index < -0.39 is 0 Å². The number of aliphatic hydroxyl groups excluding tert-OH is 1. The molecule has 4 nitrogen and oxygen atoms in total. The molecule has 0 spiro atoms. The normalized spacial score (nSPS) is 41.0. The Hall–Kier alpha value is -0.870. The first kappa shape index (κ1) is 16.0. The van der Waals surface area contributed by atoms with Crippen molar-refractivity contribution in [1.29, 1.82) is 0 Å². The lowest BCUT2D eigenvalue weighted by atomic mass is 9.55. The van der Waals surface area contributed by atoms with Crippen molar-refractivity contribution in [1.82, 2.24) is 5.32 Å². The first-order valence-electron chi connectivity index (χ1n) is 8.75. The van der Waals surface area contributed by atoms with Gasteiger partial charge in [0.1, 0.15) is 6.10 Å². The zero-order valence-corrected chi connectivity index (χ0v) is 13.6. The maximum absolute atomic E-state index is 12.3. The van der Waals surface area contributed by atoms with E-state index in [0.29, 0.717) is 18.4 Å². The summed E-state index contributed by atoms with van der Waals surface area (Å²) in [6, 6.07) is 0. The third-order valence-corrected chi connectivity index (χ3v) is 6.20. The van der Waals surface area contributed by atoms with E-state index in [1.165, 1.54) is 18.4 Å². The van der Waals surface area contributed by atoms with Gasteiger partial charge in [0.25, 0.3) is 0 Å². The Bertz CT molecular complexity index is 450. The van der Waals surface area contributed by atoms with Gasteiger partial charge >= 0.3 is 5.97 Å². The van der Waals surface area contributed by atoms with E-state index in [1.807, 2.05) is 0 Å². The molecule has 2 saturated carbocycles. The number of fused-ring (bicyclic) bond motifs is 2. The van der Waals surface area contributed by atoms with Gasteiger partial charge in [0.15, 0.2) is 0 Å². The summed E-state index contributed by atoms with van der Waals surface area (Å²) >= 11 is 0. The number of hydrogen-bond acceptors (Lipinski definition) is 4. The minimum absolute atomic E-state index is 0.0250. The summed E-state index contributed by atoms with van der Waals surface area (Å²) in [5.41, 5.74) is 1.66. The van der Waals surface area contributed by atoms with E-state index in [1.54, 1.807) is 0 Å². The number of ether oxygens (including phenoxy) is 1. The lowest BCUT2D eigenvalue weighted by Crippen LogP contribution is -2.45. The van der Waals surface area contributed by atoms with Crippen molar-refractivity contribution in [3.8, 4) is 0 Å². The molecule has 2 N–H and O–H groups in total. The second kappa shape index (κ2) is 6.32. The molecule has 0 aromatic carbocycles. The maximum atomic E-state index is 12.3. The number of carbonyl (C=O) groups excluding carboxylic acids is 1. The molecule has 5 atom stereocenters. The summed E-state index contributed by atoms with van der Waals surface area (Å²) in [5.74, 6) is 0.835. The van der Waals surface area contributed by atoms with Gasteiger partial charge in [-0.15, -0.1) is 0 Å². The highest BCUT2D eigenvalue weighted by molar-refractivity contribution is 5.75. The number of allylic oxidation sites excluding steroid dienone is 1. The van der Waals surface area contributed by atoms with Gasteiger partial charge in [-0.05, 0) is 56.4 Å². The quantitative estimate of drug-likeness (QED) is 0.465. The number of carbonyl (C=O) groups is 1. The Labute approximate surface area is 133 Å². The highest BCUT2D eigenvalue weighted by Gasteiger charge is 2.54. The molecule has 3 aliphatic rings. The highest BCUT2D eigenvalue weighted by atomic mass is 16.6. The fourth-order valence-corrected chi connectivity index (χ4v) is 4.95. The molecule has 1 heterocycles. The molecule has 1 saturated heterocycles. The van der Waals surface area contributed by atoms with Crippen LogP contribution in [0, 0.1) is 23.2 Å². The summed E-state index contributed by atoms with van der Waals surface area (Å²) < 4.78 is 5.73. The third-order valence-electron chi connectivity index (χ3n) is 6.20. The molecule has 0 aromatic heterocycles. The van der Waals surface area contributed by atoms with Gasteiger partial charge in [-0.3, -0.25) is 4.79 Å². The smallest absolute Gasteiger partial charge is 0.310 e. The van der Waals surface area contributed by atoms with Crippen LogP contribution >= 0.6 is 0 Å². The number of aliphatic hydroxyl groups is 1. The number of rotatable bonds is 5. The second-order valence-corrected chi connectivity index (χ2v) is 7.69. The van der Waals surface area contributed by atoms with Crippen LogP contribution in [0.4, 0.5) is 0 Å². The van der Waals surface area contributed by atoms with E-state index >= 15 is 0 Å². The van der Waals surface area contributed by atoms with Gasteiger partial charge in [0.2, 0.25) is 0 Å². The van der Waals surface area contributed by atoms with Crippen LogP contribution in [0.15, 0.2) is 12.2 Å². The van der Waals surface area contributed by atoms with Crippen LogP contribution in [0.3, 0.4) is 0 Å². The van der Waals surface area contributed by atoms with E-state index in [4.69, 9.17) is 9.84 Å². The molecule has 0 bridgehead atoms. The van der Waals surface area contributed by atoms with Crippen LogP contribution < -0.4 is 5.32 Å². The zero-order valence-electron chi connectivity index (χ0n) is 13.6. The summed E-state index contributed by atoms with van der Waals surface area (Å²) in [4.78, 5) is 12.3. The maximum Gasteiger partial charge on any atom is 0.310 e. The minimum atomic E-state index is -0.0284. The van der Waals surface area contributed by atoms with Crippen molar-refractivity contribution >= 4 is 5.97 Å². The zero-order chi connectivity index (χ0) is 15.7. The van der Waals surface area contributed by atoms with Gasteiger partial charge in [-0.25, -0.2) is 0 Å². The molecule has 2 aliphatic carbocycles. The molecule has 5 unspecified atom stereocenters. The standard InChI is InChI=1S/C18H29NO3/c1-12-5-3-6-18(2)10-16-13(9-15(12)18)14(17(21)22-16)11-19-7-4-8-20/h13-16,19-20H,1,3-11H2,2H3. The average molecular weight is 307 g/mol. The molecule has 3 fully saturated rings. The van der Waals surface area contributed by atoms with Crippen LogP contribution in [0.5, 0.6) is 0 Å². The fourth-order valence-electron chi connectivity index (χ4n) is 4.95. The van der Waals surface area contributed by atoms with Gasteiger partial charge < -0.3 is 15.2 Å². The third kappa shape index (κ3) is 2.83. The Morgan fingerprint density at radius 3 is 3.09 bits per heavy atom.